The van der Waals surface area contributed by atoms with Crippen LogP contribution in [-0.2, 0) is 0 Å². The maximum absolute atomic E-state index is 12.1. The average Bonchev–Trinajstić information content (AvgIpc) is 2.30. The Hall–Kier alpha value is -1.83. The van der Waals surface area contributed by atoms with Gasteiger partial charge in [-0.05, 0) is 7.05 Å². The lowest BCUT2D eigenvalue weighted by Crippen LogP contribution is -2.46. The van der Waals surface area contributed by atoms with Crippen molar-refractivity contribution in [2.45, 2.75) is 0 Å². The van der Waals surface area contributed by atoms with Crippen LogP contribution < -0.4 is 0 Å². The molecule has 112 valence electrons. The molecule has 1 fully saturated rings. The summed E-state index contributed by atoms with van der Waals surface area (Å²) in [5, 5.41) is 28.5. The van der Waals surface area contributed by atoms with E-state index in [0.717, 1.165) is 38.3 Å². The van der Waals surface area contributed by atoms with Gasteiger partial charge in [0.05, 0.1) is 6.54 Å². The van der Waals surface area contributed by atoms with E-state index < -0.39 is 11.5 Å². The molecule has 0 spiro atoms. The fourth-order valence-electron chi connectivity index (χ4n) is 2.17. The van der Waals surface area contributed by atoms with E-state index in [-0.39, 0.29) is 29.1 Å². The number of carbonyl (C=O) groups is 1. The van der Waals surface area contributed by atoms with Crippen LogP contribution in [0.5, 0.6) is 17.2 Å². The molecule has 20 heavy (non-hydrogen) atoms. The predicted octanol–water partition coefficient (Wildman–Crippen LogP) is -0.591. The first-order valence-corrected chi connectivity index (χ1v) is 6.16. The van der Waals surface area contributed by atoms with Crippen molar-refractivity contribution in [1.29, 1.82) is 0 Å². The summed E-state index contributed by atoms with van der Waals surface area (Å²) in [6.07, 6.45) is 0. The van der Waals surface area contributed by atoms with Crippen LogP contribution in [0, 0.1) is 0 Å². The molecule has 2 rings (SSSR count). The number of ketones is 1. The van der Waals surface area contributed by atoms with Gasteiger partial charge in [0.25, 0.3) is 0 Å². The quantitative estimate of drug-likeness (QED) is 0.639. The van der Waals surface area contributed by atoms with Crippen molar-refractivity contribution in [3.05, 3.63) is 17.7 Å². The summed E-state index contributed by atoms with van der Waals surface area (Å²) in [5.41, 5.74) is -0.128. The lowest BCUT2D eigenvalue weighted by atomic mass is 10.1. The number of hydrogen-bond acceptors (Lipinski definition) is 6. The van der Waals surface area contributed by atoms with Gasteiger partial charge in [0, 0.05) is 38.3 Å². The third-order valence-electron chi connectivity index (χ3n) is 3.32. The number of carbonyl (C=O) groups excluding carboxylic acids is 1. The van der Waals surface area contributed by atoms with Crippen LogP contribution in [0.2, 0.25) is 0 Å². The van der Waals surface area contributed by atoms with E-state index in [0.29, 0.717) is 0 Å². The zero-order chi connectivity index (χ0) is 14.0. The van der Waals surface area contributed by atoms with Gasteiger partial charge in [0.2, 0.25) is 0 Å². The van der Waals surface area contributed by atoms with Gasteiger partial charge in [-0.3, -0.25) is 9.69 Å². The van der Waals surface area contributed by atoms with E-state index >= 15 is 0 Å². The first-order chi connectivity index (χ1) is 8.97. The van der Waals surface area contributed by atoms with Crippen molar-refractivity contribution < 1.29 is 25.6 Å². The summed E-state index contributed by atoms with van der Waals surface area (Å²) in [6.45, 7) is 3.49. The largest absolute Gasteiger partial charge is 0.508 e. The average molecular weight is 284 g/mol. The second-order valence-electron chi connectivity index (χ2n) is 4.86. The molecule has 0 aliphatic carbocycles. The molecule has 1 aromatic carbocycles. The number of benzene rings is 1. The van der Waals surface area contributed by atoms with Crippen LogP contribution in [0.15, 0.2) is 12.1 Å². The lowest BCUT2D eigenvalue weighted by Gasteiger charge is -2.31. The number of rotatable bonds is 3. The molecule has 0 amide bonds. The maximum atomic E-state index is 12.1. The van der Waals surface area contributed by atoms with E-state index in [2.05, 4.69) is 4.90 Å². The molecule has 0 radical (unpaired) electrons. The maximum Gasteiger partial charge on any atom is 0.184 e. The first-order valence-electron chi connectivity index (χ1n) is 6.16. The van der Waals surface area contributed by atoms with Gasteiger partial charge in [0.1, 0.15) is 22.8 Å². The van der Waals surface area contributed by atoms with Gasteiger partial charge in [-0.1, -0.05) is 0 Å². The molecule has 5 N–H and O–H groups in total. The summed E-state index contributed by atoms with van der Waals surface area (Å²) in [4.78, 5) is 16.2. The minimum absolute atomic E-state index is 0. The number of phenols is 3. The predicted molar refractivity (Wildman–Crippen MR) is 73.3 cm³/mol. The molecule has 7 nitrogen and oxygen atoms in total. The molecule has 1 aliphatic heterocycles. The summed E-state index contributed by atoms with van der Waals surface area (Å²) in [6, 6.07) is 2.11. The Balaban J connectivity index is 0.00000200. The first kappa shape index (κ1) is 16.2. The number of hydrogen-bond donors (Lipinski definition) is 3. The standard InChI is InChI=1S/C13H18N2O4.H2O/c1-14-2-4-15(5-3-14)8-12(19)13-10(17)6-9(16)7-11(13)18;/h6-7,16-18H,2-5,8H2,1H3;1H2. The van der Waals surface area contributed by atoms with Gasteiger partial charge >= 0.3 is 0 Å². The molecule has 0 unspecified atom stereocenters. The minimum Gasteiger partial charge on any atom is -0.508 e. The Morgan fingerprint density at radius 1 is 1.10 bits per heavy atom. The summed E-state index contributed by atoms with van der Waals surface area (Å²) in [7, 11) is 2.02. The third-order valence-corrected chi connectivity index (χ3v) is 3.32. The molecule has 1 aliphatic rings. The number of phenolic OH excluding ortho intramolecular Hbond substituents is 3. The van der Waals surface area contributed by atoms with E-state index in [1.807, 2.05) is 11.9 Å². The SMILES string of the molecule is CN1CCN(CC(=O)c2c(O)cc(O)cc2O)CC1.O. The molecule has 1 aromatic rings. The zero-order valence-corrected chi connectivity index (χ0v) is 11.3. The van der Waals surface area contributed by atoms with Crippen LogP contribution in [0.3, 0.4) is 0 Å². The molecule has 0 bridgehead atoms. The number of piperazine rings is 1. The molecule has 7 heteroatoms. The van der Waals surface area contributed by atoms with E-state index in [1.165, 1.54) is 0 Å². The highest BCUT2D eigenvalue weighted by atomic mass is 16.3. The number of Topliss-reactive ketones (excluding diaryl/α,β-unsaturated/α-hetero) is 1. The van der Waals surface area contributed by atoms with Gasteiger partial charge in [-0.15, -0.1) is 0 Å². The fourth-order valence-corrected chi connectivity index (χ4v) is 2.17. The highest BCUT2D eigenvalue weighted by Crippen LogP contribution is 2.32. The van der Waals surface area contributed by atoms with Crippen molar-refractivity contribution in [3.8, 4) is 17.2 Å². The molecule has 0 atom stereocenters. The summed E-state index contributed by atoms with van der Waals surface area (Å²) >= 11 is 0. The summed E-state index contributed by atoms with van der Waals surface area (Å²) < 4.78 is 0. The van der Waals surface area contributed by atoms with Crippen LogP contribution in [0.4, 0.5) is 0 Å². The van der Waals surface area contributed by atoms with Gasteiger partial charge in [-0.2, -0.15) is 0 Å². The van der Waals surface area contributed by atoms with Crippen molar-refractivity contribution in [2.24, 2.45) is 0 Å². The minimum atomic E-state index is -0.392. The van der Waals surface area contributed by atoms with Crippen molar-refractivity contribution in [2.75, 3.05) is 39.8 Å². The highest BCUT2D eigenvalue weighted by molar-refractivity contribution is 6.02. The second kappa shape index (κ2) is 6.56. The number of aromatic hydroxyl groups is 3. The number of likely N-dealkylation sites (N-methyl/N-ethyl adjacent to an activating group) is 1. The Bertz CT molecular complexity index is 461. The van der Waals surface area contributed by atoms with Crippen LogP contribution >= 0.6 is 0 Å². The van der Waals surface area contributed by atoms with Crippen LogP contribution in [0.1, 0.15) is 10.4 Å². The Morgan fingerprint density at radius 2 is 1.60 bits per heavy atom. The van der Waals surface area contributed by atoms with Gasteiger partial charge < -0.3 is 25.7 Å². The molecule has 0 aromatic heterocycles. The van der Waals surface area contributed by atoms with E-state index in [1.54, 1.807) is 0 Å². The van der Waals surface area contributed by atoms with Gasteiger partial charge in [-0.25, -0.2) is 0 Å². The molecular formula is C13H20N2O5. The smallest absolute Gasteiger partial charge is 0.184 e. The Kier molecular flexibility index (Phi) is 5.32. The molecule has 1 saturated heterocycles. The molecular weight excluding hydrogens is 264 g/mol. The second-order valence-corrected chi connectivity index (χ2v) is 4.86. The monoisotopic (exact) mass is 284 g/mol. The third kappa shape index (κ3) is 3.60. The van der Waals surface area contributed by atoms with Crippen molar-refractivity contribution in [1.82, 2.24) is 9.80 Å². The molecule has 1 heterocycles. The Labute approximate surface area is 117 Å². The van der Waals surface area contributed by atoms with E-state index in [9.17, 15) is 20.1 Å². The van der Waals surface area contributed by atoms with Crippen molar-refractivity contribution in [3.63, 3.8) is 0 Å². The molecule has 0 saturated carbocycles. The topological polar surface area (TPSA) is 116 Å². The van der Waals surface area contributed by atoms with E-state index in [4.69, 9.17) is 0 Å². The Morgan fingerprint density at radius 3 is 2.10 bits per heavy atom. The number of nitrogens with zero attached hydrogens (tertiary/aromatic N) is 2. The summed E-state index contributed by atoms with van der Waals surface area (Å²) in [5.74, 6) is -1.40. The van der Waals surface area contributed by atoms with Crippen LogP contribution in [-0.4, -0.2) is 76.2 Å². The van der Waals surface area contributed by atoms with Crippen LogP contribution in [0.25, 0.3) is 0 Å². The lowest BCUT2D eigenvalue weighted by molar-refractivity contribution is 0.0871. The normalized spacial score (nSPS) is 16.6. The van der Waals surface area contributed by atoms with Gasteiger partial charge in [0.15, 0.2) is 5.78 Å². The fraction of sp³-hybridized carbons (Fsp3) is 0.462. The highest BCUT2D eigenvalue weighted by Gasteiger charge is 2.22. The zero-order valence-electron chi connectivity index (χ0n) is 11.3. The van der Waals surface area contributed by atoms with Crippen molar-refractivity contribution >= 4 is 5.78 Å².